The molecule has 2 amide bonds. The van der Waals surface area contributed by atoms with Gasteiger partial charge in [0, 0.05) is 19.7 Å². The smallest absolute Gasteiger partial charge is 0.315 e. The van der Waals surface area contributed by atoms with Gasteiger partial charge in [-0.05, 0) is 19.8 Å². The van der Waals surface area contributed by atoms with E-state index < -0.39 is 11.6 Å². The van der Waals surface area contributed by atoms with Crippen molar-refractivity contribution in [1.82, 2.24) is 10.6 Å². The molecule has 1 atom stereocenters. The van der Waals surface area contributed by atoms with Gasteiger partial charge in [0.25, 0.3) is 0 Å². The van der Waals surface area contributed by atoms with E-state index in [0.717, 1.165) is 0 Å². The number of aliphatic carboxylic acids is 1. The summed E-state index contributed by atoms with van der Waals surface area (Å²) in [6.45, 7) is 7.79. The zero-order valence-electron chi connectivity index (χ0n) is 11.7. The van der Waals surface area contributed by atoms with Crippen molar-refractivity contribution < 1.29 is 19.4 Å². The van der Waals surface area contributed by atoms with Crippen LogP contribution >= 0.6 is 0 Å². The Bertz CT molecular complexity index is 290. The van der Waals surface area contributed by atoms with Crippen LogP contribution in [0, 0.1) is 5.92 Å². The number of carbonyl (C=O) groups is 2. The average Bonchev–Trinajstić information content (AvgIpc) is 2.25. The van der Waals surface area contributed by atoms with E-state index in [2.05, 4.69) is 10.6 Å². The van der Waals surface area contributed by atoms with Gasteiger partial charge < -0.3 is 20.5 Å². The number of carboxylic acids is 1. The molecule has 0 saturated carbocycles. The summed E-state index contributed by atoms with van der Waals surface area (Å²) in [5.41, 5.74) is -0.447. The highest BCUT2D eigenvalue weighted by Crippen LogP contribution is 2.07. The molecular weight excluding hydrogens is 236 g/mol. The van der Waals surface area contributed by atoms with Crippen LogP contribution in [0.5, 0.6) is 0 Å². The molecule has 6 heteroatoms. The summed E-state index contributed by atoms with van der Waals surface area (Å²) in [6, 6.07) is -0.756. The number of nitrogens with one attached hydrogen (secondary N) is 2. The Kier molecular flexibility index (Phi) is 6.68. The standard InChI is InChI=1S/C12H24N2O4/c1-8(2)9(6-10(15)16)14-11(17)13-7-12(3,4)18-5/h8-9H,6-7H2,1-5H3,(H,15,16)(H2,13,14,17). The van der Waals surface area contributed by atoms with Crippen LogP contribution in [0.2, 0.25) is 0 Å². The van der Waals surface area contributed by atoms with Crippen molar-refractivity contribution in [3.05, 3.63) is 0 Å². The SMILES string of the molecule is COC(C)(C)CNC(=O)NC(CC(=O)O)C(C)C. The molecule has 0 aliphatic carbocycles. The molecule has 0 aliphatic rings. The first-order valence-electron chi connectivity index (χ1n) is 5.99. The topological polar surface area (TPSA) is 87.7 Å². The van der Waals surface area contributed by atoms with E-state index in [9.17, 15) is 9.59 Å². The van der Waals surface area contributed by atoms with Gasteiger partial charge in [0.05, 0.1) is 12.0 Å². The van der Waals surface area contributed by atoms with E-state index in [1.54, 1.807) is 7.11 Å². The molecule has 6 nitrogen and oxygen atoms in total. The van der Waals surface area contributed by atoms with Crippen LogP contribution in [0.25, 0.3) is 0 Å². The van der Waals surface area contributed by atoms with Gasteiger partial charge in [0.1, 0.15) is 0 Å². The quantitative estimate of drug-likeness (QED) is 0.642. The van der Waals surface area contributed by atoms with E-state index in [0.29, 0.717) is 6.54 Å². The second-order valence-corrected chi connectivity index (χ2v) is 5.24. The van der Waals surface area contributed by atoms with Gasteiger partial charge >= 0.3 is 12.0 Å². The van der Waals surface area contributed by atoms with E-state index in [1.807, 2.05) is 27.7 Å². The minimum absolute atomic E-state index is 0.0577. The lowest BCUT2D eigenvalue weighted by molar-refractivity contribution is -0.137. The number of urea groups is 1. The third-order valence-corrected chi connectivity index (χ3v) is 2.74. The van der Waals surface area contributed by atoms with E-state index in [-0.39, 0.29) is 24.4 Å². The van der Waals surface area contributed by atoms with E-state index >= 15 is 0 Å². The molecule has 106 valence electrons. The molecule has 0 spiro atoms. The first kappa shape index (κ1) is 16.7. The van der Waals surface area contributed by atoms with Crippen LogP contribution in [0.1, 0.15) is 34.1 Å². The third-order valence-electron chi connectivity index (χ3n) is 2.74. The second kappa shape index (κ2) is 7.20. The summed E-state index contributed by atoms with van der Waals surface area (Å²) in [7, 11) is 1.57. The Labute approximate surface area is 108 Å². The average molecular weight is 260 g/mol. The lowest BCUT2D eigenvalue weighted by Gasteiger charge is -2.25. The summed E-state index contributed by atoms with van der Waals surface area (Å²) < 4.78 is 5.17. The van der Waals surface area contributed by atoms with Crippen LogP contribution in [0.15, 0.2) is 0 Å². The second-order valence-electron chi connectivity index (χ2n) is 5.24. The largest absolute Gasteiger partial charge is 0.481 e. The molecule has 0 aromatic heterocycles. The summed E-state index contributed by atoms with van der Waals surface area (Å²) >= 11 is 0. The number of amides is 2. The first-order chi connectivity index (χ1) is 8.18. The monoisotopic (exact) mass is 260 g/mol. The Balaban J connectivity index is 4.22. The van der Waals surface area contributed by atoms with Crippen LogP contribution in [0.3, 0.4) is 0 Å². The van der Waals surface area contributed by atoms with E-state index in [1.165, 1.54) is 0 Å². The molecule has 0 aliphatic heterocycles. The maximum Gasteiger partial charge on any atom is 0.315 e. The summed E-state index contributed by atoms with van der Waals surface area (Å²) in [6.07, 6.45) is -0.0846. The molecule has 1 unspecified atom stereocenters. The van der Waals surface area contributed by atoms with Crippen molar-refractivity contribution in [2.75, 3.05) is 13.7 Å². The van der Waals surface area contributed by atoms with Gasteiger partial charge in [0.15, 0.2) is 0 Å². The lowest BCUT2D eigenvalue weighted by Crippen LogP contribution is -2.49. The first-order valence-corrected chi connectivity index (χ1v) is 5.99. The minimum atomic E-state index is -0.925. The number of carboxylic acid groups (broad SMARTS) is 1. The highest BCUT2D eigenvalue weighted by atomic mass is 16.5. The number of hydrogen-bond acceptors (Lipinski definition) is 3. The fourth-order valence-corrected chi connectivity index (χ4v) is 1.23. The zero-order chi connectivity index (χ0) is 14.3. The van der Waals surface area contributed by atoms with Crippen LogP contribution in [0.4, 0.5) is 4.79 Å². The number of ether oxygens (including phenoxy) is 1. The van der Waals surface area contributed by atoms with Crippen molar-refractivity contribution in [3.63, 3.8) is 0 Å². The van der Waals surface area contributed by atoms with Crippen molar-refractivity contribution in [2.45, 2.75) is 45.8 Å². The number of carbonyl (C=O) groups excluding carboxylic acids is 1. The molecule has 0 radical (unpaired) electrons. The maximum atomic E-state index is 11.6. The molecule has 0 bridgehead atoms. The highest BCUT2D eigenvalue weighted by Gasteiger charge is 2.21. The molecule has 0 rings (SSSR count). The maximum absolute atomic E-state index is 11.6. The van der Waals surface area contributed by atoms with Gasteiger partial charge in [-0.2, -0.15) is 0 Å². The molecule has 0 aromatic carbocycles. The van der Waals surface area contributed by atoms with Crippen molar-refractivity contribution >= 4 is 12.0 Å². The van der Waals surface area contributed by atoms with Crippen molar-refractivity contribution in [2.24, 2.45) is 5.92 Å². The van der Waals surface area contributed by atoms with Crippen LogP contribution in [-0.2, 0) is 9.53 Å². The predicted octanol–water partition coefficient (Wildman–Crippen LogP) is 1.21. The van der Waals surface area contributed by atoms with Gasteiger partial charge in [-0.1, -0.05) is 13.8 Å². The Morgan fingerprint density at radius 1 is 1.33 bits per heavy atom. The molecule has 3 N–H and O–H groups in total. The molecule has 0 saturated heterocycles. The summed E-state index contributed by atoms with van der Waals surface area (Å²) in [4.78, 5) is 22.3. The van der Waals surface area contributed by atoms with E-state index in [4.69, 9.17) is 9.84 Å². The Morgan fingerprint density at radius 2 is 1.89 bits per heavy atom. The van der Waals surface area contributed by atoms with Gasteiger partial charge in [-0.3, -0.25) is 4.79 Å². The molecule has 18 heavy (non-hydrogen) atoms. The summed E-state index contributed by atoms with van der Waals surface area (Å²) in [5.74, 6) is -0.867. The number of hydrogen-bond donors (Lipinski definition) is 3. The number of methoxy groups -OCH3 is 1. The summed E-state index contributed by atoms with van der Waals surface area (Å²) in [5, 5.41) is 14.1. The fourth-order valence-electron chi connectivity index (χ4n) is 1.23. The Morgan fingerprint density at radius 3 is 2.28 bits per heavy atom. The molecule has 0 aromatic rings. The molecule has 0 heterocycles. The normalized spacial score (nSPS) is 13.2. The van der Waals surface area contributed by atoms with Gasteiger partial charge in [0.2, 0.25) is 0 Å². The zero-order valence-corrected chi connectivity index (χ0v) is 11.7. The minimum Gasteiger partial charge on any atom is -0.481 e. The fraction of sp³-hybridized carbons (Fsp3) is 0.833. The van der Waals surface area contributed by atoms with Crippen molar-refractivity contribution in [1.29, 1.82) is 0 Å². The highest BCUT2D eigenvalue weighted by molar-refractivity contribution is 5.75. The predicted molar refractivity (Wildman–Crippen MR) is 68.5 cm³/mol. The Hall–Kier alpha value is -1.30. The third kappa shape index (κ3) is 7.11. The van der Waals surface area contributed by atoms with Crippen LogP contribution < -0.4 is 10.6 Å². The lowest BCUT2D eigenvalue weighted by atomic mass is 10.0. The number of rotatable bonds is 7. The molecule has 0 fully saturated rings. The van der Waals surface area contributed by atoms with Gasteiger partial charge in [-0.15, -0.1) is 0 Å². The van der Waals surface area contributed by atoms with Gasteiger partial charge in [-0.25, -0.2) is 4.79 Å². The molecular formula is C12H24N2O4. The van der Waals surface area contributed by atoms with Crippen molar-refractivity contribution in [3.8, 4) is 0 Å². The van der Waals surface area contributed by atoms with Crippen LogP contribution in [-0.4, -0.2) is 42.4 Å².